The predicted octanol–water partition coefficient (Wildman–Crippen LogP) is 1.98. The zero-order valence-corrected chi connectivity index (χ0v) is 10.1. The number of hydrogen-bond acceptors (Lipinski definition) is 3. The van der Waals surface area contributed by atoms with Crippen molar-refractivity contribution in [2.45, 2.75) is 26.9 Å². The van der Waals surface area contributed by atoms with Gasteiger partial charge in [0, 0.05) is 13.1 Å². The van der Waals surface area contributed by atoms with E-state index in [2.05, 4.69) is 12.2 Å². The van der Waals surface area contributed by atoms with Crippen LogP contribution >= 0.6 is 0 Å². The number of phenolic OH excluding ortho intramolecular Hbond substituents is 1. The van der Waals surface area contributed by atoms with Gasteiger partial charge in [-0.1, -0.05) is 0 Å². The summed E-state index contributed by atoms with van der Waals surface area (Å²) in [5, 5.41) is 13.1. The minimum Gasteiger partial charge on any atom is -0.508 e. The van der Waals surface area contributed by atoms with Gasteiger partial charge in [0.2, 0.25) is 0 Å². The molecule has 0 aromatic heterocycles. The molecule has 88 valence electrons. The second-order valence-corrected chi connectivity index (χ2v) is 4.44. The van der Waals surface area contributed by atoms with Gasteiger partial charge in [-0.2, -0.15) is 0 Å². The van der Waals surface area contributed by atoms with E-state index >= 15 is 0 Å². The highest BCUT2D eigenvalue weighted by Gasteiger charge is 2.21. The smallest absolute Gasteiger partial charge is 0.119 e. The highest BCUT2D eigenvalue weighted by molar-refractivity contribution is 5.48. The van der Waals surface area contributed by atoms with E-state index in [1.165, 1.54) is 5.56 Å². The molecular weight excluding hydrogens is 202 g/mol. The van der Waals surface area contributed by atoms with Crippen molar-refractivity contribution in [3.8, 4) is 5.75 Å². The quantitative estimate of drug-likeness (QED) is 0.762. The van der Waals surface area contributed by atoms with Crippen LogP contribution in [-0.4, -0.2) is 24.8 Å². The van der Waals surface area contributed by atoms with Gasteiger partial charge in [0.15, 0.2) is 0 Å². The molecule has 1 atom stereocenters. The number of ether oxygens (including phenoxy) is 1. The molecule has 1 fully saturated rings. The van der Waals surface area contributed by atoms with Gasteiger partial charge < -0.3 is 15.2 Å². The van der Waals surface area contributed by atoms with E-state index in [0.717, 1.165) is 36.4 Å². The van der Waals surface area contributed by atoms with E-state index in [9.17, 15) is 5.11 Å². The first kappa shape index (κ1) is 11.4. The Morgan fingerprint density at radius 1 is 1.31 bits per heavy atom. The predicted molar refractivity (Wildman–Crippen MR) is 63.9 cm³/mol. The summed E-state index contributed by atoms with van der Waals surface area (Å²) in [5.41, 5.74) is 4.43. The Balaban J connectivity index is 2.42. The number of aryl methyl sites for hydroxylation is 1. The zero-order chi connectivity index (χ0) is 11.7. The fourth-order valence-electron chi connectivity index (χ4n) is 2.33. The fourth-order valence-corrected chi connectivity index (χ4v) is 2.33. The lowest BCUT2D eigenvalue weighted by Crippen LogP contribution is -2.34. The summed E-state index contributed by atoms with van der Waals surface area (Å²) in [7, 11) is 0. The molecule has 0 radical (unpaired) electrons. The van der Waals surface area contributed by atoms with E-state index < -0.39 is 0 Å². The summed E-state index contributed by atoms with van der Waals surface area (Å²) in [6.07, 6.45) is 0.119. The molecule has 3 heteroatoms. The number of nitrogens with one attached hydrogen (secondary N) is 1. The van der Waals surface area contributed by atoms with Crippen molar-refractivity contribution >= 4 is 0 Å². The largest absolute Gasteiger partial charge is 0.508 e. The highest BCUT2D eigenvalue weighted by atomic mass is 16.5. The van der Waals surface area contributed by atoms with Gasteiger partial charge in [0.05, 0.1) is 12.7 Å². The number of aromatic hydroxyl groups is 1. The summed E-state index contributed by atoms with van der Waals surface area (Å²) in [6, 6.07) is 1.83. The third-order valence-electron chi connectivity index (χ3n) is 3.38. The second-order valence-electron chi connectivity index (χ2n) is 4.44. The van der Waals surface area contributed by atoms with Gasteiger partial charge in [0.25, 0.3) is 0 Å². The maximum atomic E-state index is 9.75. The average Bonchev–Trinajstić information content (AvgIpc) is 2.28. The lowest BCUT2D eigenvalue weighted by atomic mass is 9.93. The first-order valence-electron chi connectivity index (χ1n) is 5.73. The Kier molecular flexibility index (Phi) is 3.17. The van der Waals surface area contributed by atoms with Crippen LogP contribution in [0.4, 0.5) is 0 Å². The Morgan fingerprint density at radius 3 is 2.69 bits per heavy atom. The van der Waals surface area contributed by atoms with Crippen LogP contribution in [0, 0.1) is 20.8 Å². The summed E-state index contributed by atoms with van der Waals surface area (Å²) < 4.78 is 5.78. The third-order valence-corrected chi connectivity index (χ3v) is 3.38. The second kappa shape index (κ2) is 4.44. The Labute approximate surface area is 96.4 Å². The van der Waals surface area contributed by atoms with Crippen LogP contribution in [0.15, 0.2) is 6.07 Å². The number of morpholine rings is 1. The SMILES string of the molecule is Cc1cc(O)c(C)c(C)c1C1CNCCO1. The Hall–Kier alpha value is -1.06. The summed E-state index contributed by atoms with van der Waals surface area (Å²) in [6.45, 7) is 8.56. The van der Waals surface area contributed by atoms with Gasteiger partial charge in [-0.25, -0.2) is 0 Å². The Morgan fingerprint density at radius 2 is 2.06 bits per heavy atom. The van der Waals surface area contributed by atoms with Gasteiger partial charge in [0.1, 0.15) is 5.75 Å². The van der Waals surface area contributed by atoms with Crippen molar-refractivity contribution in [2.75, 3.05) is 19.7 Å². The molecule has 0 spiro atoms. The van der Waals surface area contributed by atoms with Crippen LogP contribution in [0.25, 0.3) is 0 Å². The summed E-state index contributed by atoms with van der Waals surface area (Å²) >= 11 is 0. The summed E-state index contributed by atoms with van der Waals surface area (Å²) in [5.74, 6) is 0.377. The minimum atomic E-state index is 0.119. The first-order valence-corrected chi connectivity index (χ1v) is 5.73. The van der Waals surface area contributed by atoms with E-state index in [1.807, 2.05) is 19.9 Å². The van der Waals surface area contributed by atoms with Crippen molar-refractivity contribution in [3.05, 3.63) is 28.3 Å². The van der Waals surface area contributed by atoms with E-state index in [0.29, 0.717) is 5.75 Å². The molecular formula is C13H19NO2. The molecule has 0 amide bonds. The molecule has 1 aromatic rings. The van der Waals surface area contributed by atoms with Crippen molar-refractivity contribution in [1.82, 2.24) is 5.32 Å². The minimum absolute atomic E-state index is 0.119. The molecule has 1 saturated heterocycles. The summed E-state index contributed by atoms with van der Waals surface area (Å²) in [4.78, 5) is 0. The number of benzene rings is 1. The van der Waals surface area contributed by atoms with E-state index in [-0.39, 0.29) is 6.10 Å². The Bertz CT molecular complexity index is 395. The van der Waals surface area contributed by atoms with Crippen LogP contribution in [0.1, 0.15) is 28.4 Å². The van der Waals surface area contributed by atoms with Crippen LogP contribution in [0.5, 0.6) is 5.75 Å². The molecule has 1 aliphatic heterocycles. The van der Waals surface area contributed by atoms with Crippen molar-refractivity contribution in [1.29, 1.82) is 0 Å². The maximum Gasteiger partial charge on any atom is 0.119 e. The number of hydrogen-bond donors (Lipinski definition) is 2. The van der Waals surface area contributed by atoms with Gasteiger partial charge in [-0.05, 0) is 49.1 Å². The lowest BCUT2D eigenvalue weighted by Gasteiger charge is -2.27. The molecule has 16 heavy (non-hydrogen) atoms. The average molecular weight is 221 g/mol. The molecule has 2 rings (SSSR count). The normalized spacial score (nSPS) is 21.1. The molecule has 0 aliphatic carbocycles. The highest BCUT2D eigenvalue weighted by Crippen LogP contribution is 2.32. The van der Waals surface area contributed by atoms with Gasteiger partial charge in [-0.15, -0.1) is 0 Å². The van der Waals surface area contributed by atoms with E-state index in [1.54, 1.807) is 0 Å². The zero-order valence-electron chi connectivity index (χ0n) is 10.1. The lowest BCUT2D eigenvalue weighted by molar-refractivity contribution is 0.0269. The maximum absolute atomic E-state index is 9.75. The number of phenols is 1. The topological polar surface area (TPSA) is 41.5 Å². The fraction of sp³-hybridized carbons (Fsp3) is 0.538. The molecule has 1 heterocycles. The number of rotatable bonds is 1. The van der Waals surface area contributed by atoms with Crippen molar-refractivity contribution in [2.24, 2.45) is 0 Å². The molecule has 1 aliphatic rings. The molecule has 0 saturated carbocycles. The van der Waals surface area contributed by atoms with E-state index in [4.69, 9.17) is 4.74 Å². The van der Waals surface area contributed by atoms with Crippen LogP contribution in [0.3, 0.4) is 0 Å². The molecule has 1 unspecified atom stereocenters. The van der Waals surface area contributed by atoms with Crippen LogP contribution in [-0.2, 0) is 4.74 Å². The molecule has 3 nitrogen and oxygen atoms in total. The third kappa shape index (κ3) is 1.93. The first-order chi connectivity index (χ1) is 7.61. The monoisotopic (exact) mass is 221 g/mol. The standard InChI is InChI=1S/C13H19NO2/c1-8-6-11(15)9(2)10(3)13(8)12-7-14-4-5-16-12/h6,12,14-15H,4-5,7H2,1-3H3. The molecule has 1 aromatic carbocycles. The molecule has 0 bridgehead atoms. The van der Waals surface area contributed by atoms with Gasteiger partial charge >= 0.3 is 0 Å². The van der Waals surface area contributed by atoms with Crippen LogP contribution in [0.2, 0.25) is 0 Å². The van der Waals surface area contributed by atoms with Gasteiger partial charge in [-0.3, -0.25) is 0 Å². The molecule has 2 N–H and O–H groups in total. The van der Waals surface area contributed by atoms with Crippen molar-refractivity contribution < 1.29 is 9.84 Å². The van der Waals surface area contributed by atoms with Crippen molar-refractivity contribution in [3.63, 3.8) is 0 Å². The van der Waals surface area contributed by atoms with Crippen LogP contribution < -0.4 is 5.32 Å².